The molecule has 0 radical (unpaired) electrons. The zero-order chi connectivity index (χ0) is 24.6. The van der Waals surface area contributed by atoms with Gasteiger partial charge in [0.15, 0.2) is 0 Å². The standard InChI is InChI=1S/C29H29N3O2S/c1-21(25-14-9-15-26(17-25)30-22(2)33)32(19-24-12-7-4-8-13-24)29(34)18-27-20-35-28(31-27)16-23-10-5-3-6-11-23/h3-15,17,20-21H,16,18-19H2,1-2H3,(H,30,33). The minimum atomic E-state index is -0.182. The molecule has 0 spiro atoms. The van der Waals surface area contributed by atoms with E-state index in [4.69, 9.17) is 4.98 Å². The van der Waals surface area contributed by atoms with Crippen LogP contribution >= 0.6 is 11.3 Å². The highest BCUT2D eigenvalue weighted by molar-refractivity contribution is 7.09. The summed E-state index contributed by atoms with van der Waals surface area (Å²) in [5.74, 6) is -0.107. The minimum Gasteiger partial charge on any atom is -0.331 e. The molecule has 1 heterocycles. The monoisotopic (exact) mass is 483 g/mol. The van der Waals surface area contributed by atoms with Gasteiger partial charge in [-0.15, -0.1) is 11.3 Å². The second-order valence-corrected chi connectivity index (χ2v) is 9.50. The number of benzene rings is 3. The molecule has 4 aromatic rings. The highest BCUT2D eigenvalue weighted by atomic mass is 32.1. The van der Waals surface area contributed by atoms with E-state index in [0.29, 0.717) is 6.54 Å². The zero-order valence-corrected chi connectivity index (χ0v) is 20.8. The Bertz CT molecular complexity index is 1270. The third kappa shape index (κ3) is 6.87. The van der Waals surface area contributed by atoms with Crippen LogP contribution in [0.25, 0.3) is 0 Å². The molecule has 0 saturated heterocycles. The summed E-state index contributed by atoms with van der Waals surface area (Å²) in [7, 11) is 0. The van der Waals surface area contributed by atoms with Gasteiger partial charge in [-0.2, -0.15) is 0 Å². The summed E-state index contributed by atoms with van der Waals surface area (Å²) in [4.78, 5) is 31.7. The topological polar surface area (TPSA) is 62.3 Å². The molecular formula is C29H29N3O2S. The van der Waals surface area contributed by atoms with Gasteiger partial charge < -0.3 is 10.2 Å². The highest BCUT2D eigenvalue weighted by Gasteiger charge is 2.23. The zero-order valence-electron chi connectivity index (χ0n) is 20.0. The summed E-state index contributed by atoms with van der Waals surface area (Å²) in [5, 5.41) is 5.82. The smallest absolute Gasteiger partial charge is 0.229 e. The summed E-state index contributed by atoms with van der Waals surface area (Å²) in [5.41, 5.74) is 4.75. The van der Waals surface area contributed by atoms with E-state index in [1.807, 2.05) is 90.0 Å². The number of hydrogen-bond acceptors (Lipinski definition) is 4. The summed E-state index contributed by atoms with van der Waals surface area (Å²) >= 11 is 1.59. The van der Waals surface area contributed by atoms with Crippen molar-refractivity contribution >= 4 is 28.8 Å². The molecule has 3 aromatic carbocycles. The van der Waals surface area contributed by atoms with Crippen molar-refractivity contribution in [2.45, 2.75) is 39.3 Å². The number of aromatic nitrogens is 1. The number of thiazole rings is 1. The van der Waals surface area contributed by atoms with Crippen LogP contribution in [0.5, 0.6) is 0 Å². The second-order valence-electron chi connectivity index (χ2n) is 8.56. The van der Waals surface area contributed by atoms with Gasteiger partial charge in [0, 0.05) is 31.0 Å². The SMILES string of the molecule is CC(=O)Nc1cccc(C(C)N(Cc2ccccc2)C(=O)Cc2csc(Cc3ccccc3)n2)c1. The fourth-order valence-electron chi connectivity index (χ4n) is 4.02. The van der Waals surface area contributed by atoms with Crippen LogP contribution in [0.3, 0.4) is 0 Å². The molecule has 0 aliphatic carbocycles. The first kappa shape index (κ1) is 24.4. The van der Waals surface area contributed by atoms with Crippen LogP contribution in [0.4, 0.5) is 5.69 Å². The first-order valence-corrected chi connectivity index (χ1v) is 12.5. The third-order valence-corrected chi connectivity index (χ3v) is 6.70. The van der Waals surface area contributed by atoms with Gasteiger partial charge in [-0.3, -0.25) is 9.59 Å². The van der Waals surface area contributed by atoms with Gasteiger partial charge >= 0.3 is 0 Å². The Morgan fingerprint density at radius 3 is 2.31 bits per heavy atom. The Kier molecular flexibility index (Phi) is 8.06. The van der Waals surface area contributed by atoms with E-state index >= 15 is 0 Å². The first-order chi connectivity index (χ1) is 17.0. The van der Waals surface area contributed by atoms with Crippen LogP contribution in [-0.2, 0) is 29.0 Å². The van der Waals surface area contributed by atoms with E-state index in [1.54, 1.807) is 11.3 Å². The summed E-state index contributed by atoms with van der Waals surface area (Å²) in [6.07, 6.45) is 1.01. The quantitative estimate of drug-likeness (QED) is 0.316. The maximum atomic E-state index is 13.6. The Hall–Kier alpha value is -3.77. The summed E-state index contributed by atoms with van der Waals surface area (Å²) in [6.45, 7) is 4.00. The molecule has 2 amide bonds. The van der Waals surface area contributed by atoms with E-state index in [9.17, 15) is 9.59 Å². The van der Waals surface area contributed by atoms with Crippen molar-refractivity contribution in [2.24, 2.45) is 0 Å². The third-order valence-electron chi connectivity index (χ3n) is 5.80. The maximum absolute atomic E-state index is 13.6. The van der Waals surface area contributed by atoms with E-state index in [2.05, 4.69) is 17.4 Å². The number of hydrogen-bond donors (Lipinski definition) is 1. The van der Waals surface area contributed by atoms with Gasteiger partial charge in [-0.1, -0.05) is 72.8 Å². The van der Waals surface area contributed by atoms with E-state index in [-0.39, 0.29) is 24.3 Å². The molecular weight excluding hydrogens is 454 g/mol. The predicted octanol–water partition coefficient (Wildman–Crippen LogP) is 6.02. The Morgan fingerprint density at radius 1 is 0.943 bits per heavy atom. The maximum Gasteiger partial charge on any atom is 0.229 e. The van der Waals surface area contributed by atoms with Gasteiger partial charge in [0.25, 0.3) is 0 Å². The van der Waals surface area contributed by atoms with Gasteiger partial charge in [0.1, 0.15) is 0 Å². The normalized spacial score (nSPS) is 11.6. The summed E-state index contributed by atoms with van der Waals surface area (Å²) in [6, 6.07) is 27.7. The molecule has 1 atom stereocenters. The van der Waals surface area contributed by atoms with Crippen molar-refractivity contribution in [3.8, 4) is 0 Å². The molecule has 0 bridgehead atoms. The fourth-order valence-corrected chi connectivity index (χ4v) is 4.85. The Balaban J connectivity index is 1.53. The van der Waals surface area contributed by atoms with E-state index < -0.39 is 0 Å². The number of rotatable bonds is 9. The van der Waals surface area contributed by atoms with Crippen LogP contribution in [0.1, 0.15) is 47.3 Å². The first-order valence-electron chi connectivity index (χ1n) is 11.7. The Labute approximate surface area is 210 Å². The molecule has 1 aromatic heterocycles. The van der Waals surface area contributed by atoms with E-state index in [1.165, 1.54) is 12.5 Å². The van der Waals surface area contributed by atoms with Crippen LogP contribution in [-0.4, -0.2) is 21.7 Å². The second kappa shape index (κ2) is 11.6. The molecule has 0 aliphatic heterocycles. The van der Waals surface area contributed by atoms with Gasteiger partial charge in [0.05, 0.1) is 23.2 Å². The molecule has 178 valence electrons. The lowest BCUT2D eigenvalue weighted by Gasteiger charge is -2.30. The fraction of sp³-hybridized carbons (Fsp3) is 0.207. The van der Waals surface area contributed by atoms with Crippen molar-refractivity contribution in [1.82, 2.24) is 9.88 Å². The van der Waals surface area contributed by atoms with E-state index in [0.717, 1.165) is 33.9 Å². The number of carbonyl (C=O) groups is 2. The lowest BCUT2D eigenvalue weighted by molar-refractivity contribution is -0.133. The highest BCUT2D eigenvalue weighted by Crippen LogP contribution is 2.26. The van der Waals surface area contributed by atoms with Crippen molar-refractivity contribution in [1.29, 1.82) is 0 Å². The average molecular weight is 484 g/mol. The summed E-state index contributed by atoms with van der Waals surface area (Å²) < 4.78 is 0. The van der Waals surface area contributed by atoms with Gasteiger partial charge in [-0.05, 0) is 35.7 Å². The average Bonchev–Trinajstić information content (AvgIpc) is 3.29. The number of amides is 2. The number of carbonyl (C=O) groups excluding carboxylic acids is 2. The van der Waals surface area contributed by atoms with Crippen molar-refractivity contribution in [2.75, 3.05) is 5.32 Å². The largest absolute Gasteiger partial charge is 0.331 e. The van der Waals surface area contributed by atoms with Crippen molar-refractivity contribution < 1.29 is 9.59 Å². The number of anilines is 1. The molecule has 4 rings (SSSR count). The molecule has 1 N–H and O–H groups in total. The lowest BCUT2D eigenvalue weighted by atomic mass is 10.0. The lowest BCUT2D eigenvalue weighted by Crippen LogP contribution is -2.34. The van der Waals surface area contributed by atoms with Gasteiger partial charge in [-0.25, -0.2) is 4.98 Å². The van der Waals surface area contributed by atoms with Crippen LogP contribution in [0.2, 0.25) is 0 Å². The predicted molar refractivity (Wildman–Crippen MR) is 141 cm³/mol. The minimum absolute atomic E-state index is 0.0165. The van der Waals surface area contributed by atoms with Crippen molar-refractivity contribution in [3.63, 3.8) is 0 Å². The molecule has 5 nitrogen and oxygen atoms in total. The van der Waals surface area contributed by atoms with Crippen LogP contribution in [0, 0.1) is 0 Å². The molecule has 1 unspecified atom stereocenters. The number of nitrogens with zero attached hydrogens (tertiary/aromatic N) is 2. The van der Waals surface area contributed by atoms with Gasteiger partial charge in [0.2, 0.25) is 11.8 Å². The molecule has 35 heavy (non-hydrogen) atoms. The van der Waals surface area contributed by atoms with Crippen LogP contribution in [0.15, 0.2) is 90.3 Å². The molecule has 0 aliphatic rings. The van der Waals surface area contributed by atoms with Crippen molar-refractivity contribution in [3.05, 3.63) is 118 Å². The molecule has 6 heteroatoms. The number of nitrogens with one attached hydrogen (secondary N) is 1. The molecule has 0 saturated carbocycles. The molecule has 0 fully saturated rings. The Morgan fingerprint density at radius 2 is 1.63 bits per heavy atom. The van der Waals surface area contributed by atoms with Crippen LogP contribution < -0.4 is 5.32 Å².